The predicted molar refractivity (Wildman–Crippen MR) is 100 cm³/mol. The van der Waals surface area contributed by atoms with Gasteiger partial charge in [-0.25, -0.2) is 0 Å². The fraction of sp³-hybridized carbons (Fsp3) is 0.278. The third kappa shape index (κ3) is 3.51. The van der Waals surface area contributed by atoms with Gasteiger partial charge in [0, 0.05) is 12.6 Å². The molecule has 0 aliphatic rings. The topological polar surface area (TPSA) is 34.0 Å². The van der Waals surface area contributed by atoms with Crippen molar-refractivity contribution in [3.8, 4) is 0 Å². The fourth-order valence-corrected chi connectivity index (χ4v) is 4.26. The van der Waals surface area contributed by atoms with Gasteiger partial charge in [-0.05, 0) is 54.4 Å². The van der Waals surface area contributed by atoms with Crippen LogP contribution in [0.15, 0.2) is 40.2 Å². The van der Waals surface area contributed by atoms with E-state index in [1.54, 1.807) is 11.3 Å². The average Bonchev–Trinajstić information content (AvgIpc) is 2.96. The number of aromatic nitrogens is 1. The van der Waals surface area contributed by atoms with E-state index in [0.717, 1.165) is 14.0 Å². The van der Waals surface area contributed by atoms with Crippen LogP contribution in [0.25, 0.3) is 10.2 Å². The Morgan fingerprint density at radius 1 is 1.30 bits per heavy atom. The van der Waals surface area contributed by atoms with Gasteiger partial charge in [0.1, 0.15) is 5.69 Å². The number of fused-ring (bicyclic) bond motifs is 1. The van der Waals surface area contributed by atoms with Crippen molar-refractivity contribution in [3.63, 3.8) is 0 Å². The lowest BCUT2D eigenvalue weighted by Crippen LogP contribution is -2.31. The van der Waals surface area contributed by atoms with E-state index < -0.39 is 0 Å². The van der Waals surface area contributed by atoms with E-state index in [2.05, 4.69) is 63.1 Å². The van der Waals surface area contributed by atoms with Crippen LogP contribution in [0.4, 0.5) is 0 Å². The van der Waals surface area contributed by atoms with Gasteiger partial charge in [0.2, 0.25) is 0 Å². The molecule has 0 fully saturated rings. The molecule has 0 saturated heterocycles. The molecule has 5 heteroatoms. The maximum Gasteiger partial charge on any atom is 0.268 e. The molecule has 0 unspecified atom stereocenters. The summed E-state index contributed by atoms with van der Waals surface area (Å²) in [6, 6.07) is 12.6. The Balaban J connectivity index is 2.06. The number of nitrogens with one attached hydrogen (secondary N) is 1. The van der Waals surface area contributed by atoms with Gasteiger partial charge in [-0.1, -0.05) is 29.8 Å². The number of nitrogens with zero attached hydrogens (tertiary/aromatic N) is 1. The molecule has 2 heterocycles. The summed E-state index contributed by atoms with van der Waals surface area (Å²) in [5.74, 6) is -0.0211. The molecule has 1 N–H and O–H groups in total. The highest BCUT2D eigenvalue weighted by molar-refractivity contribution is 9.11. The molecule has 0 atom stereocenters. The Morgan fingerprint density at radius 2 is 2.09 bits per heavy atom. The molecule has 3 rings (SSSR count). The summed E-state index contributed by atoms with van der Waals surface area (Å²) in [5.41, 5.74) is 4.24. The van der Waals surface area contributed by atoms with E-state index in [1.165, 1.54) is 11.1 Å². The van der Waals surface area contributed by atoms with E-state index in [4.69, 9.17) is 0 Å². The largest absolute Gasteiger partial charge is 0.349 e. The quantitative estimate of drug-likeness (QED) is 0.670. The second-order valence-electron chi connectivity index (χ2n) is 6.03. The van der Waals surface area contributed by atoms with Gasteiger partial charge in [-0.3, -0.25) is 4.79 Å². The number of thiophene rings is 1. The molecular formula is C18H19BrN2OS. The van der Waals surface area contributed by atoms with Crippen LogP contribution in [0.1, 0.15) is 35.5 Å². The normalized spacial score (nSPS) is 11.3. The fourth-order valence-electron chi connectivity index (χ4n) is 2.70. The maximum atomic E-state index is 12.5. The molecular weight excluding hydrogens is 372 g/mol. The van der Waals surface area contributed by atoms with Crippen molar-refractivity contribution < 1.29 is 4.79 Å². The van der Waals surface area contributed by atoms with Gasteiger partial charge in [-0.15, -0.1) is 11.3 Å². The minimum absolute atomic E-state index is 0.0211. The molecule has 120 valence electrons. The van der Waals surface area contributed by atoms with Gasteiger partial charge in [-0.2, -0.15) is 0 Å². The molecule has 0 radical (unpaired) electrons. The third-order valence-corrected chi connectivity index (χ3v) is 5.21. The summed E-state index contributed by atoms with van der Waals surface area (Å²) in [5, 5.41) is 3.00. The van der Waals surface area contributed by atoms with Crippen molar-refractivity contribution in [2.45, 2.75) is 33.4 Å². The molecule has 0 bridgehead atoms. The van der Waals surface area contributed by atoms with Gasteiger partial charge in [0.15, 0.2) is 0 Å². The lowest BCUT2D eigenvalue weighted by Gasteiger charge is -2.13. The number of halogens is 1. The lowest BCUT2D eigenvalue weighted by atomic mass is 10.1. The number of hydrogen-bond donors (Lipinski definition) is 1. The van der Waals surface area contributed by atoms with Crippen LogP contribution in [-0.4, -0.2) is 16.5 Å². The first-order chi connectivity index (χ1) is 10.9. The smallest absolute Gasteiger partial charge is 0.268 e. The highest BCUT2D eigenvalue weighted by atomic mass is 79.9. The SMILES string of the molecule is Cc1cccc(Cn2c(C(=O)NC(C)C)cc3sc(Br)cc32)c1. The first-order valence-corrected chi connectivity index (χ1v) is 9.20. The molecule has 0 aliphatic carbocycles. The van der Waals surface area contributed by atoms with E-state index in [0.29, 0.717) is 12.2 Å². The number of rotatable bonds is 4. The molecule has 0 spiro atoms. The third-order valence-electron chi connectivity index (χ3n) is 3.64. The van der Waals surface area contributed by atoms with E-state index in [-0.39, 0.29) is 11.9 Å². The standard InChI is InChI=1S/C18H19BrN2OS/c1-11(2)20-18(22)15-8-16-14(9-17(19)23-16)21(15)10-13-6-4-5-12(3)7-13/h4-9,11H,10H2,1-3H3,(H,20,22). The van der Waals surface area contributed by atoms with Gasteiger partial charge in [0.25, 0.3) is 5.91 Å². The zero-order valence-corrected chi connectivity index (χ0v) is 15.8. The molecule has 0 saturated carbocycles. The maximum absolute atomic E-state index is 12.5. The molecule has 0 aliphatic heterocycles. The first kappa shape index (κ1) is 16.3. The summed E-state index contributed by atoms with van der Waals surface area (Å²) >= 11 is 5.19. The average molecular weight is 391 g/mol. The van der Waals surface area contributed by atoms with Gasteiger partial charge < -0.3 is 9.88 Å². The first-order valence-electron chi connectivity index (χ1n) is 7.59. The molecule has 3 nitrogen and oxygen atoms in total. The highest BCUT2D eigenvalue weighted by Gasteiger charge is 2.18. The Labute approximate surface area is 148 Å². The van der Waals surface area contributed by atoms with Gasteiger partial charge in [0.05, 0.1) is 14.0 Å². The number of hydrogen-bond acceptors (Lipinski definition) is 2. The van der Waals surface area contributed by atoms with Crippen LogP contribution in [0.3, 0.4) is 0 Å². The molecule has 2 aromatic heterocycles. The van der Waals surface area contributed by atoms with Crippen LogP contribution < -0.4 is 5.32 Å². The van der Waals surface area contributed by atoms with Crippen molar-refractivity contribution in [1.82, 2.24) is 9.88 Å². The van der Waals surface area contributed by atoms with E-state index >= 15 is 0 Å². The number of amides is 1. The van der Waals surface area contributed by atoms with Crippen LogP contribution in [0.2, 0.25) is 0 Å². The number of carbonyl (C=O) groups excluding carboxylic acids is 1. The van der Waals surface area contributed by atoms with Crippen LogP contribution in [0, 0.1) is 6.92 Å². The summed E-state index contributed by atoms with van der Waals surface area (Å²) in [4.78, 5) is 12.5. The van der Waals surface area contributed by atoms with Crippen molar-refractivity contribution in [3.05, 3.63) is 57.0 Å². The lowest BCUT2D eigenvalue weighted by molar-refractivity contribution is 0.0934. The Kier molecular flexibility index (Phi) is 4.60. The monoisotopic (exact) mass is 390 g/mol. The second kappa shape index (κ2) is 6.49. The number of aryl methyl sites for hydroxylation is 1. The Bertz CT molecular complexity index is 863. The van der Waals surface area contributed by atoms with Crippen LogP contribution in [0.5, 0.6) is 0 Å². The summed E-state index contributed by atoms with van der Waals surface area (Å²) in [6.07, 6.45) is 0. The summed E-state index contributed by atoms with van der Waals surface area (Å²) in [6.45, 7) is 6.73. The Hall–Kier alpha value is -1.59. The van der Waals surface area contributed by atoms with Crippen molar-refractivity contribution in [1.29, 1.82) is 0 Å². The number of carbonyl (C=O) groups is 1. The summed E-state index contributed by atoms with van der Waals surface area (Å²) in [7, 11) is 0. The molecule has 1 aromatic carbocycles. The van der Waals surface area contributed by atoms with Crippen molar-refractivity contribution in [2.75, 3.05) is 0 Å². The van der Waals surface area contributed by atoms with Crippen molar-refractivity contribution >= 4 is 43.4 Å². The molecule has 23 heavy (non-hydrogen) atoms. The highest BCUT2D eigenvalue weighted by Crippen LogP contribution is 2.33. The molecule has 1 amide bonds. The zero-order valence-electron chi connectivity index (χ0n) is 13.4. The zero-order chi connectivity index (χ0) is 16.6. The van der Waals surface area contributed by atoms with E-state index in [1.807, 2.05) is 19.9 Å². The van der Waals surface area contributed by atoms with E-state index in [9.17, 15) is 4.79 Å². The van der Waals surface area contributed by atoms with Gasteiger partial charge >= 0.3 is 0 Å². The predicted octanol–water partition coefficient (Wildman–Crippen LogP) is 4.96. The van der Waals surface area contributed by atoms with Crippen LogP contribution in [-0.2, 0) is 6.54 Å². The minimum Gasteiger partial charge on any atom is -0.349 e. The minimum atomic E-state index is -0.0211. The number of benzene rings is 1. The van der Waals surface area contributed by atoms with Crippen molar-refractivity contribution in [2.24, 2.45) is 0 Å². The summed E-state index contributed by atoms with van der Waals surface area (Å²) < 4.78 is 4.30. The van der Waals surface area contributed by atoms with Crippen LogP contribution >= 0.6 is 27.3 Å². The Morgan fingerprint density at radius 3 is 2.78 bits per heavy atom. The molecule has 3 aromatic rings. The second-order valence-corrected chi connectivity index (χ2v) is 8.50.